The van der Waals surface area contributed by atoms with E-state index in [2.05, 4.69) is 4.99 Å². The van der Waals surface area contributed by atoms with Crippen LogP contribution in [0, 0.1) is 5.82 Å². The van der Waals surface area contributed by atoms with Gasteiger partial charge in [-0.25, -0.2) is 9.38 Å². The number of halogens is 4. The molecule has 2 aromatic rings. The molecule has 1 atom stereocenters. The first-order valence-corrected chi connectivity index (χ1v) is 10.4. The molecule has 1 fully saturated rings. The molecule has 0 radical (unpaired) electrons. The van der Waals surface area contributed by atoms with Crippen molar-refractivity contribution in [2.24, 2.45) is 4.99 Å². The average molecular weight is 447 g/mol. The summed E-state index contributed by atoms with van der Waals surface area (Å²) in [6.07, 6.45) is -1.56. The fourth-order valence-corrected chi connectivity index (χ4v) is 4.17. The number of carbonyl (C=O) groups is 2. The number of amides is 2. The van der Waals surface area contributed by atoms with Crippen molar-refractivity contribution in [3.05, 3.63) is 71.5 Å². The number of benzene rings is 2. The van der Waals surface area contributed by atoms with Gasteiger partial charge in [0.25, 0.3) is 11.8 Å². The SMILES string of the molecule is O=C(N[C@]1(C(F)(F)F)N=C(c2ccccc2)N(C2CCCCC2)C1=O)c1ccc(F)cc1. The molecule has 1 aliphatic heterocycles. The zero-order valence-corrected chi connectivity index (χ0v) is 17.0. The summed E-state index contributed by atoms with van der Waals surface area (Å²) in [4.78, 5) is 31.0. The number of alkyl halides is 3. The number of amidine groups is 1. The van der Waals surface area contributed by atoms with Crippen molar-refractivity contribution in [2.75, 3.05) is 0 Å². The molecule has 9 heteroatoms. The molecule has 2 aromatic carbocycles. The van der Waals surface area contributed by atoms with E-state index >= 15 is 0 Å². The summed E-state index contributed by atoms with van der Waals surface area (Å²) >= 11 is 0. The van der Waals surface area contributed by atoms with E-state index in [9.17, 15) is 27.2 Å². The second kappa shape index (κ2) is 8.37. The summed E-state index contributed by atoms with van der Waals surface area (Å²) < 4.78 is 56.4. The van der Waals surface area contributed by atoms with Crippen LogP contribution in [0.1, 0.15) is 48.0 Å². The van der Waals surface area contributed by atoms with Crippen LogP contribution < -0.4 is 5.32 Å². The van der Waals surface area contributed by atoms with Gasteiger partial charge in [0.15, 0.2) is 0 Å². The monoisotopic (exact) mass is 447 g/mol. The number of rotatable bonds is 4. The fourth-order valence-electron chi connectivity index (χ4n) is 4.17. The molecule has 0 saturated heterocycles. The third-order valence-electron chi connectivity index (χ3n) is 5.81. The second-order valence-electron chi connectivity index (χ2n) is 7.94. The predicted octanol–water partition coefficient (Wildman–Crippen LogP) is 4.44. The van der Waals surface area contributed by atoms with Crippen molar-refractivity contribution in [3.8, 4) is 0 Å². The zero-order valence-electron chi connectivity index (χ0n) is 17.0. The Labute approximate surface area is 182 Å². The van der Waals surface area contributed by atoms with E-state index in [0.717, 1.165) is 48.4 Å². The fraction of sp³-hybridized carbons (Fsp3) is 0.348. The van der Waals surface area contributed by atoms with Crippen molar-refractivity contribution in [3.63, 3.8) is 0 Å². The molecule has 1 heterocycles. The lowest BCUT2D eigenvalue weighted by Gasteiger charge is -2.34. The van der Waals surface area contributed by atoms with Crippen LogP contribution in [0.25, 0.3) is 0 Å². The minimum Gasteiger partial charge on any atom is -0.312 e. The van der Waals surface area contributed by atoms with Crippen molar-refractivity contribution < 1.29 is 27.2 Å². The molecule has 1 aliphatic carbocycles. The molecule has 1 N–H and O–H groups in total. The maximum atomic E-state index is 14.4. The van der Waals surface area contributed by atoms with Crippen LogP contribution in [0.4, 0.5) is 17.6 Å². The van der Waals surface area contributed by atoms with Crippen LogP contribution in [0.15, 0.2) is 59.6 Å². The molecule has 5 nitrogen and oxygen atoms in total. The second-order valence-corrected chi connectivity index (χ2v) is 7.94. The maximum Gasteiger partial charge on any atom is 0.442 e. The van der Waals surface area contributed by atoms with Gasteiger partial charge >= 0.3 is 11.8 Å². The van der Waals surface area contributed by atoms with Crippen LogP contribution >= 0.6 is 0 Å². The Balaban J connectivity index is 1.79. The summed E-state index contributed by atoms with van der Waals surface area (Å²) in [5.74, 6) is -3.25. The van der Waals surface area contributed by atoms with Gasteiger partial charge in [0.1, 0.15) is 11.7 Å². The van der Waals surface area contributed by atoms with Crippen molar-refractivity contribution in [2.45, 2.75) is 50.0 Å². The van der Waals surface area contributed by atoms with Gasteiger partial charge in [0.05, 0.1) is 0 Å². The molecule has 2 amide bonds. The van der Waals surface area contributed by atoms with E-state index < -0.39 is 35.5 Å². The Hall–Kier alpha value is -3.23. The number of carbonyl (C=O) groups excluding carboxylic acids is 2. The quantitative estimate of drug-likeness (QED) is 0.705. The Morgan fingerprint density at radius 1 is 1.00 bits per heavy atom. The van der Waals surface area contributed by atoms with Crippen LogP contribution in [0.2, 0.25) is 0 Å². The Kier molecular flexibility index (Phi) is 5.75. The normalized spacial score (nSPS) is 22.1. The Morgan fingerprint density at radius 2 is 1.62 bits per heavy atom. The van der Waals surface area contributed by atoms with Crippen molar-refractivity contribution in [1.82, 2.24) is 10.2 Å². The topological polar surface area (TPSA) is 61.8 Å². The molecule has 0 bridgehead atoms. The summed E-state index contributed by atoms with van der Waals surface area (Å²) in [6.45, 7) is 0. The number of hydrogen-bond acceptors (Lipinski definition) is 3. The Morgan fingerprint density at radius 3 is 2.22 bits per heavy atom. The molecule has 1 saturated carbocycles. The first-order chi connectivity index (χ1) is 15.2. The lowest BCUT2D eigenvalue weighted by atomic mass is 9.93. The van der Waals surface area contributed by atoms with E-state index in [1.807, 2.05) is 5.32 Å². The number of nitrogens with zero attached hydrogens (tertiary/aromatic N) is 2. The molecule has 168 valence electrons. The van der Waals surface area contributed by atoms with Crippen LogP contribution in [-0.2, 0) is 4.79 Å². The Bertz CT molecular complexity index is 1030. The average Bonchev–Trinajstić information content (AvgIpc) is 3.08. The highest BCUT2D eigenvalue weighted by Gasteiger charge is 2.67. The van der Waals surface area contributed by atoms with Crippen LogP contribution in [0.3, 0.4) is 0 Å². The first kappa shape index (κ1) is 22.0. The van der Waals surface area contributed by atoms with E-state index in [-0.39, 0.29) is 11.4 Å². The van der Waals surface area contributed by atoms with E-state index in [4.69, 9.17) is 0 Å². The number of nitrogens with one attached hydrogen (secondary N) is 1. The molecular weight excluding hydrogens is 426 g/mol. The predicted molar refractivity (Wildman–Crippen MR) is 109 cm³/mol. The number of aliphatic imine (C=N–C) groups is 1. The highest BCUT2D eigenvalue weighted by molar-refractivity contribution is 6.17. The largest absolute Gasteiger partial charge is 0.442 e. The van der Waals surface area contributed by atoms with Crippen LogP contribution in [0.5, 0.6) is 0 Å². The molecule has 4 rings (SSSR count). The van der Waals surface area contributed by atoms with Gasteiger partial charge in [-0.05, 0) is 37.1 Å². The summed E-state index contributed by atoms with van der Waals surface area (Å²) in [6, 6.07) is 11.7. The molecule has 2 aliphatic rings. The van der Waals surface area contributed by atoms with Gasteiger partial charge in [0.2, 0.25) is 0 Å². The smallest absolute Gasteiger partial charge is 0.312 e. The standard InChI is InChI=1S/C23H21F4N3O2/c24-17-13-11-16(12-14-17)20(31)29-22(23(25,26)27)21(32)30(18-9-5-2-6-10-18)19(28-22)15-7-3-1-4-8-15/h1,3-4,7-8,11-14,18H,2,5-6,9-10H2,(H,29,31)/t22-/m1/s1. The highest BCUT2D eigenvalue weighted by Crippen LogP contribution is 2.41. The molecular formula is C23H21F4N3O2. The maximum absolute atomic E-state index is 14.4. The molecule has 0 spiro atoms. The lowest BCUT2D eigenvalue weighted by Crippen LogP contribution is -2.64. The minimum absolute atomic E-state index is 0.112. The van der Waals surface area contributed by atoms with Crippen molar-refractivity contribution >= 4 is 17.6 Å². The highest BCUT2D eigenvalue weighted by atomic mass is 19.4. The molecule has 0 unspecified atom stereocenters. The lowest BCUT2D eigenvalue weighted by molar-refractivity contribution is -0.197. The number of hydrogen-bond donors (Lipinski definition) is 1. The summed E-state index contributed by atoms with van der Waals surface area (Å²) in [7, 11) is 0. The van der Waals surface area contributed by atoms with E-state index in [1.165, 1.54) is 0 Å². The molecule has 0 aromatic heterocycles. The van der Waals surface area contributed by atoms with E-state index in [1.54, 1.807) is 30.3 Å². The minimum atomic E-state index is -5.19. The zero-order chi connectivity index (χ0) is 22.9. The van der Waals surface area contributed by atoms with Crippen molar-refractivity contribution in [1.29, 1.82) is 0 Å². The van der Waals surface area contributed by atoms with Gasteiger partial charge in [-0.15, -0.1) is 0 Å². The molecule has 32 heavy (non-hydrogen) atoms. The van der Waals surface area contributed by atoms with Gasteiger partial charge in [-0.2, -0.15) is 13.2 Å². The third-order valence-corrected chi connectivity index (χ3v) is 5.81. The van der Waals surface area contributed by atoms with Gasteiger partial charge in [-0.3, -0.25) is 14.5 Å². The van der Waals surface area contributed by atoms with Gasteiger partial charge < -0.3 is 5.32 Å². The summed E-state index contributed by atoms with van der Waals surface area (Å²) in [5, 5.41) is 1.82. The van der Waals surface area contributed by atoms with Crippen LogP contribution in [-0.4, -0.2) is 40.4 Å². The third kappa shape index (κ3) is 3.87. The first-order valence-electron chi connectivity index (χ1n) is 10.4. The van der Waals surface area contributed by atoms with E-state index in [0.29, 0.717) is 18.4 Å². The summed E-state index contributed by atoms with van der Waals surface area (Å²) in [5.41, 5.74) is -3.31. The van der Waals surface area contributed by atoms with Gasteiger partial charge in [0, 0.05) is 17.2 Å². The van der Waals surface area contributed by atoms with Gasteiger partial charge in [-0.1, -0.05) is 49.6 Å².